The number of hydrogen-bond acceptors (Lipinski definition) is 11. The summed E-state index contributed by atoms with van der Waals surface area (Å²) in [6.07, 6.45) is 2.11. The van der Waals surface area contributed by atoms with E-state index in [1.165, 1.54) is 60.8 Å². The summed E-state index contributed by atoms with van der Waals surface area (Å²) in [7, 11) is -1.29. The van der Waals surface area contributed by atoms with Crippen LogP contribution in [0, 0.1) is 0 Å². The van der Waals surface area contributed by atoms with Gasteiger partial charge in [0.1, 0.15) is 0 Å². The van der Waals surface area contributed by atoms with E-state index in [2.05, 4.69) is 295 Å². The molecule has 0 spiro atoms. The maximum atomic E-state index is 9.96. The fraction of sp³-hybridized carbons (Fsp3) is 0.0789. The van der Waals surface area contributed by atoms with Gasteiger partial charge in [0.15, 0.2) is 34.9 Å². The summed E-state index contributed by atoms with van der Waals surface area (Å²) in [5.41, 5.74) is 26.1. The monoisotopic (exact) mass is 1980 g/mol. The van der Waals surface area contributed by atoms with Crippen molar-refractivity contribution in [2.75, 3.05) is 7.15 Å². The molecule has 136 heavy (non-hydrogen) atoms. The van der Waals surface area contributed by atoms with Crippen LogP contribution in [-0.4, -0.2) is 84.4 Å². The third-order valence-corrected chi connectivity index (χ3v) is 25.9. The van der Waals surface area contributed by atoms with Crippen molar-refractivity contribution in [3.63, 3.8) is 0 Å². The number of aromatic nitrogens is 12. The van der Waals surface area contributed by atoms with Crippen molar-refractivity contribution in [1.82, 2.24) is 59.0 Å². The standard InChI is InChI=1S/C39H25N5.C27H17BrN4.C19H21BO2.C15H10ClN3.C13H9Br.CH3F.2K.Na.3H/c1-3-11-25(12-4-1)37-41-38(26-13-5-2-6-14-26)43-39(42-37)44-35-18-10-8-16-30(35)32-24-28(20-22-36(32)44)27-19-21-34-31(23-27)29-15-7-9-17-33(29)40-34;28-20-15-16-24-22(17-20)21-13-7-8-14-23(21)32(24)27-30-25(18-9-3-1-4-10-18)29-26(31-27)19-11-5-2-6-12-19;1-18(2)19(3,4)22-20(21-18)15-10-9-14-11-13-7-5-6-8-16(13)17(14)12-15;16-15-18-13(11-7-3-1-4-8-11)17-14(19-15)12-9-5-2-6-10-12;14-11-6-5-10-7-9-3-1-2-4-12(9)13(10)8-11;1-2;;;;;;/h1-24,40H;1-17H;5-10,12H,11H2,1-4H3;1-10H;1-6,8H,7H2;1H3;;;;;;/q;;;;;;3*+1;3*-1/i;;;;;1D;;;;;;. The van der Waals surface area contributed by atoms with E-state index in [0.29, 0.717) is 46.8 Å². The van der Waals surface area contributed by atoms with Crippen LogP contribution in [0.4, 0.5) is 4.39 Å². The number of benzene rings is 16. The van der Waals surface area contributed by atoms with Gasteiger partial charge in [0.2, 0.25) is 17.2 Å². The maximum Gasteiger partial charge on any atom is 1.00 e. The first kappa shape index (κ1) is 95.7. The van der Waals surface area contributed by atoms with Crippen molar-refractivity contribution in [2.24, 2.45) is 0 Å². The largest absolute Gasteiger partial charge is 1.00 e. The molecule has 1 saturated heterocycles. The van der Waals surface area contributed by atoms with Crippen LogP contribution in [0.3, 0.4) is 0 Å². The van der Waals surface area contributed by atoms with Gasteiger partial charge in [0.05, 0.1) is 41.8 Å². The van der Waals surface area contributed by atoms with Gasteiger partial charge in [0, 0.05) is 85.7 Å². The zero-order valence-electron chi connectivity index (χ0n) is 80.0. The summed E-state index contributed by atoms with van der Waals surface area (Å²) in [6, 6.07) is 135. The zero-order chi connectivity index (χ0) is 91.4. The van der Waals surface area contributed by atoms with Gasteiger partial charge in [-0.15, -0.1) is 0 Å². The van der Waals surface area contributed by atoms with Crippen molar-refractivity contribution in [3.05, 3.63) is 431 Å². The van der Waals surface area contributed by atoms with Crippen molar-refractivity contribution >= 4 is 121 Å². The Bertz CT molecular complexity index is 7930. The zero-order valence-corrected chi connectivity index (χ0v) is 88.1. The molecule has 3 aliphatic rings. The average Bonchev–Trinajstić information content (AvgIpc) is 1.60. The van der Waals surface area contributed by atoms with Crippen LogP contribution in [0.1, 0.15) is 55.6 Å². The number of hydrogen-bond donors (Lipinski definition) is 1. The molecule has 0 unspecified atom stereocenters. The summed E-state index contributed by atoms with van der Waals surface area (Å²) in [4.78, 5) is 46.0. The number of halogens is 4. The quantitative estimate of drug-likeness (QED) is 0.130. The van der Waals surface area contributed by atoms with Gasteiger partial charge >= 0.3 is 139 Å². The minimum atomic E-state index is -1.00. The minimum Gasteiger partial charge on any atom is -1.00 e. The molecular weight excluding hydrogens is 1900 g/mol. The van der Waals surface area contributed by atoms with Gasteiger partial charge in [0.25, 0.3) is 0 Å². The Morgan fingerprint density at radius 3 is 1.09 bits per heavy atom. The number of nitrogens with one attached hydrogen (secondary N) is 1. The molecule has 22 heteroatoms. The van der Waals surface area contributed by atoms with E-state index in [4.69, 9.17) is 52.2 Å². The van der Waals surface area contributed by atoms with Crippen molar-refractivity contribution in [2.45, 2.75) is 51.7 Å². The Kier molecular flexibility index (Phi) is 30.4. The molecule has 1 aliphatic heterocycles. The molecule has 650 valence electrons. The number of rotatable bonds is 10. The molecule has 0 amide bonds. The van der Waals surface area contributed by atoms with Crippen LogP contribution in [-0.2, 0) is 22.2 Å². The number of H-pyrrole nitrogens is 1. The van der Waals surface area contributed by atoms with Crippen LogP contribution < -0.4 is 138 Å². The van der Waals surface area contributed by atoms with E-state index in [0.717, 1.165) is 121 Å². The van der Waals surface area contributed by atoms with Gasteiger partial charge in [-0.2, -0.15) is 29.9 Å². The van der Waals surface area contributed by atoms with Crippen LogP contribution >= 0.6 is 43.5 Å². The first-order valence-electron chi connectivity index (χ1n) is 44.5. The van der Waals surface area contributed by atoms with E-state index >= 15 is 0 Å². The minimum absolute atomic E-state index is 0. The summed E-state index contributed by atoms with van der Waals surface area (Å²) >= 11 is 13.1. The first-order chi connectivity index (χ1) is 65.5. The third-order valence-electron chi connectivity index (χ3n) is 24.7. The molecule has 14 nitrogen and oxygen atoms in total. The first-order valence-corrected chi connectivity index (χ1v) is 45.8. The van der Waals surface area contributed by atoms with Crippen LogP contribution in [0.25, 0.3) is 179 Å². The van der Waals surface area contributed by atoms with Gasteiger partial charge in [-0.3, -0.25) is 13.5 Å². The van der Waals surface area contributed by atoms with E-state index in [1.54, 1.807) is 0 Å². The number of fused-ring (bicyclic) bond motifs is 15. The number of para-hydroxylation sites is 3. The van der Waals surface area contributed by atoms with E-state index in [1.807, 2.05) is 188 Å². The summed E-state index contributed by atoms with van der Waals surface area (Å²) in [5, 5.41) is 7.28. The van der Waals surface area contributed by atoms with Crippen LogP contribution in [0.15, 0.2) is 403 Å². The molecular formula is C114H88BBr2ClFK2N12NaO2. The molecule has 0 atom stereocenters. The van der Waals surface area contributed by atoms with Gasteiger partial charge < -0.3 is 18.6 Å². The number of aromatic amines is 1. The molecule has 0 radical (unpaired) electrons. The molecule has 22 aromatic rings. The second kappa shape index (κ2) is 43.2. The van der Waals surface area contributed by atoms with Crippen LogP contribution in [0.5, 0.6) is 0 Å². The maximum absolute atomic E-state index is 9.96. The number of alkyl halides is 1. The third kappa shape index (κ3) is 20.5. The molecule has 0 saturated carbocycles. The molecule has 0 bridgehead atoms. The molecule has 16 aromatic carbocycles. The smallest absolute Gasteiger partial charge is 1.00 e. The van der Waals surface area contributed by atoms with Crippen LogP contribution in [0.2, 0.25) is 5.28 Å². The van der Waals surface area contributed by atoms with E-state index < -0.39 is 7.15 Å². The second-order valence-electron chi connectivity index (χ2n) is 33.5. The Hall–Kier alpha value is -10.6. The summed E-state index contributed by atoms with van der Waals surface area (Å²) in [6.45, 7) is 8.37. The Morgan fingerprint density at radius 1 is 0.324 bits per heavy atom. The molecule has 25 rings (SSSR count). The summed E-state index contributed by atoms with van der Waals surface area (Å²) < 4.78 is 34.3. The van der Waals surface area contributed by atoms with Gasteiger partial charge in [-0.1, -0.05) is 353 Å². The van der Waals surface area contributed by atoms with Crippen molar-refractivity contribution < 1.29 is 152 Å². The topological polar surface area (TPSA) is 160 Å². The molecule has 7 heterocycles. The Labute approximate surface area is 923 Å². The van der Waals surface area contributed by atoms with Gasteiger partial charge in [-0.05, 0) is 186 Å². The predicted octanol–water partition coefficient (Wildman–Crippen LogP) is 20.0. The van der Waals surface area contributed by atoms with E-state index in [9.17, 15) is 4.39 Å². The normalized spacial score (nSPS) is 12.6. The number of nitrogens with zero attached hydrogens (tertiary/aromatic N) is 11. The average molecular weight is 1990 g/mol. The fourth-order valence-electron chi connectivity index (χ4n) is 17.5. The van der Waals surface area contributed by atoms with Crippen molar-refractivity contribution in [1.29, 1.82) is 0 Å². The second-order valence-corrected chi connectivity index (χ2v) is 35.7. The molecule has 6 aromatic heterocycles. The molecule has 1 fully saturated rings. The Morgan fingerprint density at radius 2 is 0.640 bits per heavy atom. The van der Waals surface area contributed by atoms with E-state index in [-0.39, 0.29) is 160 Å². The molecule has 2 aliphatic carbocycles. The van der Waals surface area contributed by atoms with Crippen molar-refractivity contribution in [3.8, 4) is 114 Å². The molecule has 1 N–H and O–H groups in total. The Balaban J connectivity index is 0.000000144. The SMILES string of the molecule is Brc1ccc2c(c1)-c1ccccc1C2.Brc1ccc2c(c1)c1ccccc1n2-c1nc(-c2ccccc2)nc(-c2ccccc2)n1.CC1(C)OB(c2ccc3c(c2)-c2ccccc2C3)OC1(C)C.Clc1nc(-c2ccccc2)nc(-c2ccccc2)n1.[2H]CF.[H-].[H-].[H-].[K+].[K+].[Na+].c1ccc(-c2nc(-c3ccccc3)nc(-n3c4ccccc4c4cc(-c5ccc6[nH]c7ccccc7c6c5)ccc43)n2)cc1. The summed E-state index contributed by atoms with van der Waals surface area (Å²) in [5.74, 6) is 4.95. The fourth-order valence-corrected chi connectivity index (χ4v) is 18.4. The predicted molar refractivity (Wildman–Crippen MR) is 551 cm³/mol. The van der Waals surface area contributed by atoms with Gasteiger partial charge in [-0.25, -0.2) is 15.0 Å².